The molecule has 0 amide bonds. The standard InChI is InChI=1S/C17H22O3/c1-16(2)10-12(17(3,4)20-16)15(18)14-9-11-7-5-6-8-13(11)19-14/h5-9,12,15,18H,10H2,1-4H3. The second kappa shape index (κ2) is 4.34. The summed E-state index contributed by atoms with van der Waals surface area (Å²) in [5.74, 6) is 0.656. The molecule has 0 spiro atoms. The van der Waals surface area contributed by atoms with E-state index in [1.807, 2.05) is 44.2 Å². The molecule has 108 valence electrons. The quantitative estimate of drug-likeness (QED) is 0.898. The van der Waals surface area contributed by atoms with Gasteiger partial charge in [-0.05, 0) is 46.2 Å². The van der Waals surface area contributed by atoms with Crippen LogP contribution in [0.2, 0.25) is 0 Å². The molecule has 3 heteroatoms. The number of benzene rings is 1. The molecule has 1 aromatic carbocycles. The van der Waals surface area contributed by atoms with Crippen molar-refractivity contribution in [3.63, 3.8) is 0 Å². The van der Waals surface area contributed by atoms with E-state index in [9.17, 15) is 5.11 Å². The Balaban J connectivity index is 1.94. The number of para-hydroxylation sites is 1. The molecule has 0 bridgehead atoms. The van der Waals surface area contributed by atoms with Crippen LogP contribution in [0, 0.1) is 5.92 Å². The van der Waals surface area contributed by atoms with Crippen LogP contribution < -0.4 is 0 Å². The number of hydrogen-bond acceptors (Lipinski definition) is 3. The third-order valence-electron chi connectivity index (χ3n) is 4.26. The first kappa shape index (κ1) is 13.7. The number of hydrogen-bond donors (Lipinski definition) is 1. The van der Waals surface area contributed by atoms with Gasteiger partial charge in [0.25, 0.3) is 0 Å². The number of fused-ring (bicyclic) bond motifs is 1. The second-order valence-corrected chi connectivity index (χ2v) is 6.91. The maximum absolute atomic E-state index is 10.7. The lowest BCUT2D eigenvalue weighted by atomic mass is 9.82. The first-order valence-corrected chi connectivity index (χ1v) is 7.15. The number of furan rings is 1. The highest BCUT2D eigenvalue weighted by Gasteiger charge is 2.49. The van der Waals surface area contributed by atoms with E-state index in [2.05, 4.69) is 13.8 Å². The summed E-state index contributed by atoms with van der Waals surface area (Å²) in [6.45, 7) is 8.22. The van der Waals surface area contributed by atoms with Crippen molar-refractivity contribution in [3.05, 3.63) is 36.1 Å². The molecule has 2 atom stereocenters. The van der Waals surface area contributed by atoms with E-state index in [0.717, 1.165) is 17.4 Å². The van der Waals surface area contributed by atoms with E-state index >= 15 is 0 Å². The molecule has 1 N–H and O–H groups in total. The monoisotopic (exact) mass is 274 g/mol. The van der Waals surface area contributed by atoms with Crippen LogP contribution in [0.4, 0.5) is 0 Å². The average molecular weight is 274 g/mol. The highest BCUT2D eigenvalue weighted by molar-refractivity contribution is 5.77. The lowest BCUT2D eigenvalue weighted by Crippen LogP contribution is -2.32. The third kappa shape index (κ3) is 2.25. The van der Waals surface area contributed by atoms with Crippen LogP contribution in [0.15, 0.2) is 34.7 Å². The van der Waals surface area contributed by atoms with E-state index in [4.69, 9.17) is 9.15 Å². The summed E-state index contributed by atoms with van der Waals surface area (Å²) in [4.78, 5) is 0. The van der Waals surface area contributed by atoms with Crippen LogP contribution >= 0.6 is 0 Å². The summed E-state index contributed by atoms with van der Waals surface area (Å²) < 4.78 is 11.9. The normalized spacial score (nSPS) is 25.9. The molecule has 2 aromatic rings. The fourth-order valence-electron chi connectivity index (χ4n) is 3.44. The van der Waals surface area contributed by atoms with Gasteiger partial charge in [0.05, 0.1) is 11.2 Å². The Hall–Kier alpha value is -1.32. The third-order valence-corrected chi connectivity index (χ3v) is 4.26. The van der Waals surface area contributed by atoms with Gasteiger partial charge in [-0.1, -0.05) is 18.2 Å². The number of aliphatic hydroxyl groups is 1. The maximum atomic E-state index is 10.7. The van der Waals surface area contributed by atoms with Crippen molar-refractivity contribution in [2.24, 2.45) is 5.92 Å². The Labute approximate surface area is 119 Å². The van der Waals surface area contributed by atoms with E-state index in [-0.39, 0.29) is 17.1 Å². The van der Waals surface area contributed by atoms with Gasteiger partial charge in [0.1, 0.15) is 17.4 Å². The molecule has 2 heterocycles. The number of rotatable bonds is 2. The van der Waals surface area contributed by atoms with Gasteiger partial charge in [-0.15, -0.1) is 0 Å². The SMILES string of the molecule is CC1(C)CC(C(O)c2cc3ccccc3o2)C(C)(C)O1. The zero-order valence-electron chi connectivity index (χ0n) is 12.5. The molecule has 3 nitrogen and oxygen atoms in total. The summed E-state index contributed by atoms with van der Waals surface area (Å²) >= 11 is 0. The van der Waals surface area contributed by atoms with Gasteiger partial charge >= 0.3 is 0 Å². The van der Waals surface area contributed by atoms with Crippen LogP contribution in [-0.2, 0) is 4.74 Å². The zero-order chi connectivity index (χ0) is 14.5. The largest absolute Gasteiger partial charge is 0.458 e. The van der Waals surface area contributed by atoms with Crippen molar-refractivity contribution in [3.8, 4) is 0 Å². The minimum atomic E-state index is -0.640. The molecule has 20 heavy (non-hydrogen) atoms. The van der Waals surface area contributed by atoms with Crippen LogP contribution in [0.3, 0.4) is 0 Å². The Morgan fingerprint density at radius 2 is 1.90 bits per heavy atom. The maximum Gasteiger partial charge on any atom is 0.134 e. The van der Waals surface area contributed by atoms with Crippen LogP contribution in [-0.4, -0.2) is 16.3 Å². The minimum Gasteiger partial charge on any atom is -0.458 e. The predicted octanol–water partition coefficient (Wildman–Crippen LogP) is 4.06. The first-order valence-electron chi connectivity index (χ1n) is 7.15. The van der Waals surface area contributed by atoms with Crippen LogP contribution in [0.5, 0.6) is 0 Å². The van der Waals surface area contributed by atoms with Crippen molar-refractivity contribution < 1.29 is 14.3 Å². The van der Waals surface area contributed by atoms with Gasteiger partial charge in [0.2, 0.25) is 0 Å². The average Bonchev–Trinajstić information content (AvgIpc) is 2.85. The molecular weight excluding hydrogens is 252 g/mol. The Bertz CT molecular complexity index is 591. The molecule has 2 unspecified atom stereocenters. The highest BCUT2D eigenvalue weighted by atomic mass is 16.5. The van der Waals surface area contributed by atoms with Gasteiger partial charge in [-0.3, -0.25) is 0 Å². The van der Waals surface area contributed by atoms with Crippen molar-refractivity contribution in [2.45, 2.75) is 51.4 Å². The summed E-state index contributed by atoms with van der Waals surface area (Å²) in [5.41, 5.74) is 0.251. The molecule has 0 saturated carbocycles. The van der Waals surface area contributed by atoms with Gasteiger partial charge in [-0.25, -0.2) is 0 Å². The lowest BCUT2D eigenvalue weighted by Gasteiger charge is -2.29. The van der Waals surface area contributed by atoms with E-state index in [1.165, 1.54) is 0 Å². The van der Waals surface area contributed by atoms with Gasteiger partial charge in [-0.2, -0.15) is 0 Å². The van der Waals surface area contributed by atoms with Crippen LogP contribution in [0.1, 0.15) is 46.0 Å². The van der Waals surface area contributed by atoms with E-state index < -0.39 is 6.10 Å². The summed E-state index contributed by atoms with van der Waals surface area (Å²) in [6, 6.07) is 9.76. The minimum absolute atomic E-state index is 0.0260. The molecule has 0 radical (unpaired) electrons. The molecule has 1 aliphatic rings. The second-order valence-electron chi connectivity index (χ2n) is 6.91. The van der Waals surface area contributed by atoms with Crippen molar-refractivity contribution >= 4 is 11.0 Å². The predicted molar refractivity (Wildman–Crippen MR) is 78.5 cm³/mol. The Morgan fingerprint density at radius 1 is 1.20 bits per heavy atom. The molecule has 0 aliphatic carbocycles. The fraction of sp³-hybridized carbons (Fsp3) is 0.529. The topological polar surface area (TPSA) is 42.6 Å². The molecule has 3 rings (SSSR count). The molecular formula is C17H22O3. The molecule has 1 fully saturated rings. The molecule has 1 aromatic heterocycles. The van der Waals surface area contributed by atoms with Crippen molar-refractivity contribution in [1.29, 1.82) is 0 Å². The van der Waals surface area contributed by atoms with E-state index in [0.29, 0.717) is 5.76 Å². The lowest BCUT2D eigenvalue weighted by molar-refractivity contribution is -0.0897. The fourth-order valence-corrected chi connectivity index (χ4v) is 3.44. The van der Waals surface area contributed by atoms with Gasteiger partial charge in [0.15, 0.2) is 0 Å². The zero-order valence-corrected chi connectivity index (χ0v) is 12.5. The smallest absolute Gasteiger partial charge is 0.134 e. The first-order chi connectivity index (χ1) is 9.28. The number of ether oxygens (including phenoxy) is 1. The summed E-state index contributed by atoms with van der Waals surface area (Å²) in [5, 5.41) is 11.7. The summed E-state index contributed by atoms with van der Waals surface area (Å²) in [7, 11) is 0. The molecule has 1 aliphatic heterocycles. The summed E-state index contributed by atoms with van der Waals surface area (Å²) in [6.07, 6.45) is 0.178. The van der Waals surface area contributed by atoms with Gasteiger partial charge < -0.3 is 14.3 Å². The Morgan fingerprint density at radius 3 is 2.50 bits per heavy atom. The van der Waals surface area contributed by atoms with Gasteiger partial charge in [0, 0.05) is 11.3 Å². The van der Waals surface area contributed by atoms with E-state index in [1.54, 1.807) is 0 Å². The molecule has 1 saturated heterocycles. The van der Waals surface area contributed by atoms with Crippen LogP contribution in [0.25, 0.3) is 11.0 Å². The number of aliphatic hydroxyl groups excluding tert-OH is 1. The Kier molecular flexibility index (Phi) is 2.96. The highest BCUT2D eigenvalue weighted by Crippen LogP contribution is 2.48. The van der Waals surface area contributed by atoms with Crippen molar-refractivity contribution in [1.82, 2.24) is 0 Å². The van der Waals surface area contributed by atoms with Crippen molar-refractivity contribution in [2.75, 3.05) is 0 Å².